The van der Waals surface area contributed by atoms with Gasteiger partial charge in [0.2, 0.25) is 0 Å². The third-order valence-corrected chi connectivity index (χ3v) is 2.57. The average Bonchev–Trinajstić information content (AvgIpc) is 2.12. The van der Waals surface area contributed by atoms with Crippen LogP contribution in [-0.4, -0.2) is 11.1 Å². The first-order chi connectivity index (χ1) is 6.75. The summed E-state index contributed by atoms with van der Waals surface area (Å²) in [6, 6.07) is 3.80. The third kappa shape index (κ3) is 2.04. The van der Waals surface area contributed by atoms with Crippen LogP contribution in [0.25, 0.3) is 0 Å². The van der Waals surface area contributed by atoms with Gasteiger partial charge in [0, 0.05) is 18.3 Å². The van der Waals surface area contributed by atoms with Crippen molar-refractivity contribution in [3.05, 3.63) is 24.0 Å². The largest absolute Gasteiger partial charge is 0.490 e. The number of nitrogens with zero attached hydrogens (tertiary/aromatic N) is 1. The molecule has 1 heterocycles. The molecule has 0 spiro atoms. The Balaban J connectivity index is 2.05. The Morgan fingerprint density at radius 3 is 2.93 bits per heavy atom. The maximum Gasteiger partial charge on any atom is 0.123 e. The van der Waals surface area contributed by atoms with E-state index in [1.54, 1.807) is 6.20 Å². The molecule has 76 valence electrons. The maximum atomic E-state index is 5.75. The molecule has 0 bridgehead atoms. The molecule has 1 aliphatic rings. The summed E-state index contributed by atoms with van der Waals surface area (Å²) in [5, 5.41) is 0. The lowest BCUT2D eigenvalue weighted by atomic mass is 9.96. The minimum absolute atomic E-state index is 0.0278. The molecule has 1 fully saturated rings. The van der Waals surface area contributed by atoms with Crippen molar-refractivity contribution in [2.75, 3.05) is 0 Å². The lowest BCUT2D eigenvalue weighted by Crippen LogP contribution is -2.24. The summed E-state index contributed by atoms with van der Waals surface area (Å²) in [4.78, 5) is 4.19. The van der Waals surface area contributed by atoms with Crippen LogP contribution in [-0.2, 0) is 0 Å². The van der Waals surface area contributed by atoms with E-state index >= 15 is 0 Å². The van der Waals surface area contributed by atoms with Gasteiger partial charge in [-0.25, -0.2) is 0 Å². The molecule has 0 amide bonds. The standard InChI is InChI=1S/C11H16N2O/c1-8(12)11-7-10(5-6-13-11)14-9-3-2-4-9/h5-9H,2-4,12H2,1H3. The Bertz CT molecular complexity index is 308. The van der Waals surface area contributed by atoms with Gasteiger partial charge in [-0.3, -0.25) is 4.98 Å². The van der Waals surface area contributed by atoms with Crippen LogP contribution < -0.4 is 10.5 Å². The van der Waals surface area contributed by atoms with Gasteiger partial charge in [-0.15, -0.1) is 0 Å². The Hall–Kier alpha value is -1.09. The maximum absolute atomic E-state index is 5.75. The van der Waals surface area contributed by atoms with E-state index < -0.39 is 0 Å². The highest BCUT2D eigenvalue weighted by molar-refractivity contribution is 5.24. The van der Waals surface area contributed by atoms with Gasteiger partial charge >= 0.3 is 0 Å². The van der Waals surface area contributed by atoms with Crippen LogP contribution in [0.1, 0.15) is 37.9 Å². The summed E-state index contributed by atoms with van der Waals surface area (Å²) in [7, 11) is 0. The number of aromatic nitrogens is 1. The van der Waals surface area contributed by atoms with Gasteiger partial charge in [-0.2, -0.15) is 0 Å². The Kier molecular flexibility index (Phi) is 2.68. The lowest BCUT2D eigenvalue weighted by Gasteiger charge is -2.26. The van der Waals surface area contributed by atoms with E-state index in [0.29, 0.717) is 6.10 Å². The predicted octanol–water partition coefficient (Wildman–Crippen LogP) is 2.03. The molecule has 1 atom stereocenters. The Labute approximate surface area is 84.3 Å². The molecule has 1 saturated carbocycles. The van der Waals surface area contributed by atoms with Gasteiger partial charge < -0.3 is 10.5 Å². The van der Waals surface area contributed by atoms with E-state index in [1.807, 2.05) is 19.1 Å². The van der Waals surface area contributed by atoms with Crippen LogP contribution in [0.4, 0.5) is 0 Å². The predicted molar refractivity (Wildman–Crippen MR) is 55.1 cm³/mol. The van der Waals surface area contributed by atoms with Gasteiger partial charge in [0.25, 0.3) is 0 Å². The number of rotatable bonds is 3. The third-order valence-electron chi connectivity index (χ3n) is 2.57. The minimum Gasteiger partial charge on any atom is -0.490 e. The van der Waals surface area contributed by atoms with Gasteiger partial charge in [-0.1, -0.05) is 0 Å². The first kappa shape index (κ1) is 9.46. The van der Waals surface area contributed by atoms with Crippen LogP contribution in [0.15, 0.2) is 18.3 Å². The highest BCUT2D eigenvalue weighted by Crippen LogP contribution is 2.25. The van der Waals surface area contributed by atoms with E-state index in [9.17, 15) is 0 Å². The second-order valence-electron chi connectivity index (χ2n) is 3.88. The van der Waals surface area contributed by atoms with Crippen molar-refractivity contribution >= 4 is 0 Å². The second kappa shape index (κ2) is 3.96. The topological polar surface area (TPSA) is 48.1 Å². The van der Waals surface area contributed by atoms with Crippen LogP contribution in [0.2, 0.25) is 0 Å². The molecular formula is C11H16N2O. The molecule has 1 unspecified atom stereocenters. The number of ether oxygens (including phenoxy) is 1. The Morgan fingerprint density at radius 2 is 2.36 bits per heavy atom. The summed E-state index contributed by atoms with van der Waals surface area (Å²) in [6.07, 6.45) is 5.81. The number of hydrogen-bond donors (Lipinski definition) is 1. The second-order valence-corrected chi connectivity index (χ2v) is 3.88. The summed E-state index contributed by atoms with van der Waals surface area (Å²) >= 11 is 0. The smallest absolute Gasteiger partial charge is 0.123 e. The molecule has 3 nitrogen and oxygen atoms in total. The van der Waals surface area contributed by atoms with E-state index in [0.717, 1.165) is 11.4 Å². The molecular weight excluding hydrogens is 176 g/mol. The van der Waals surface area contributed by atoms with Crippen LogP contribution in [0.5, 0.6) is 5.75 Å². The van der Waals surface area contributed by atoms with Crippen LogP contribution >= 0.6 is 0 Å². The molecule has 2 N–H and O–H groups in total. The number of pyridine rings is 1. The Morgan fingerprint density at radius 1 is 1.57 bits per heavy atom. The summed E-state index contributed by atoms with van der Waals surface area (Å²) in [6.45, 7) is 1.93. The number of nitrogens with two attached hydrogens (primary N) is 1. The zero-order chi connectivity index (χ0) is 9.97. The highest BCUT2D eigenvalue weighted by Gasteiger charge is 2.19. The zero-order valence-corrected chi connectivity index (χ0v) is 8.44. The highest BCUT2D eigenvalue weighted by atomic mass is 16.5. The summed E-state index contributed by atoms with van der Waals surface area (Å²) in [5.74, 6) is 0.900. The summed E-state index contributed by atoms with van der Waals surface area (Å²) < 4.78 is 5.75. The first-order valence-corrected chi connectivity index (χ1v) is 5.14. The molecule has 0 radical (unpaired) electrons. The van der Waals surface area contributed by atoms with Crippen molar-refractivity contribution in [1.82, 2.24) is 4.98 Å². The molecule has 14 heavy (non-hydrogen) atoms. The van der Waals surface area contributed by atoms with Gasteiger partial charge in [0.1, 0.15) is 5.75 Å². The van der Waals surface area contributed by atoms with Crippen molar-refractivity contribution < 1.29 is 4.74 Å². The molecule has 3 heteroatoms. The van der Waals surface area contributed by atoms with Crippen molar-refractivity contribution in [2.45, 2.75) is 38.3 Å². The SMILES string of the molecule is CC(N)c1cc(OC2CCC2)ccn1. The van der Waals surface area contributed by atoms with Crippen molar-refractivity contribution in [3.8, 4) is 5.75 Å². The fourth-order valence-electron chi connectivity index (χ4n) is 1.43. The van der Waals surface area contributed by atoms with Crippen molar-refractivity contribution in [2.24, 2.45) is 5.73 Å². The minimum atomic E-state index is -0.0278. The average molecular weight is 192 g/mol. The normalized spacial score (nSPS) is 18.7. The molecule has 0 saturated heterocycles. The zero-order valence-electron chi connectivity index (χ0n) is 8.44. The van der Waals surface area contributed by atoms with Gasteiger partial charge in [-0.05, 0) is 32.3 Å². The van der Waals surface area contributed by atoms with E-state index in [2.05, 4.69) is 4.98 Å². The molecule has 0 aromatic carbocycles. The summed E-state index contributed by atoms with van der Waals surface area (Å²) in [5.41, 5.74) is 6.63. The first-order valence-electron chi connectivity index (χ1n) is 5.14. The monoisotopic (exact) mass is 192 g/mol. The van der Waals surface area contributed by atoms with E-state index in [1.165, 1.54) is 19.3 Å². The van der Waals surface area contributed by atoms with Crippen molar-refractivity contribution in [1.29, 1.82) is 0 Å². The van der Waals surface area contributed by atoms with Crippen LogP contribution in [0.3, 0.4) is 0 Å². The number of hydrogen-bond acceptors (Lipinski definition) is 3. The van der Waals surface area contributed by atoms with E-state index in [4.69, 9.17) is 10.5 Å². The van der Waals surface area contributed by atoms with E-state index in [-0.39, 0.29) is 6.04 Å². The molecule has 1 aliphatic carbocycles. The molecule has 0 aliphatic heterocycles. The molecule has 2 rings (SSSR count). The lowest BCUT2D eigenvalue weighted by molar-refractivity contribution is 0.120. The van der Waals surface area contributed by atoms with Crippen LogP contribution in [0, 0.1) is 0 Å². The molecule has 1 aromatic heterocycles. The van der Waals surface area contributed by atoms with Crippen molar-refractivity contribution in [3.63, 3.8) is 0 Å². The molecule has 1 aromatic rings. The fraction of sp³-hybridized carbons (Fsp3) is 0.545. The van der Waals surface area contributed by atoms with Gasteiger partial charge in [0.15, 0.2) is 0 Å². The van der Waals surface area contributed by atoms with Gasteiger partial charge in [0.05, 0.1) is 11.8 Å². The fourth-order valence-corrected chi connectivity index (χ4v) is 1.43. The quantitative estimate of drug-likeness (QED) is 0.797.